The smallest absolute Gasteiger partial charge is 0.249 e. The van der Waals surface area contributed by atoms with Crippen LogP contribution in [0.3, 0.4) is 0 Å². The highest BCUT2D eigenvalue weighted by molar-refractivity contribution is 7.89. The van der Waals surface area contributed by atoms with E-state index in [0.29, 0.717) is 44.5 Å². The third-order valence-electron chi connectivity index (χ3n) is 4.09. The topological polar surface area (TPSA) is 49.4 Å². The van der Waals surface area contributed by atoms with Crippen molar-refractivity contribution in [3.63, 3.8) is 0 Å². The average molecular weight is 320 g/mol. The SMILES string of the molecule is O=S(=O)(c1c(F)cc(F)cc1F)N1C2CCNCC1CC2. The van der Waals surface area contributed by atoms with Crippen LogP contribution in [0, 0.1) is 17.5 Å². The molecular weight excluding hydrogens is 305 g/mol. The van der Waals surface area contributed by atoms with Gasteiger partial charge in [0.2, 0.25) is 10.0 Å². The number of nitrogens with one attached hydrogen (secondary N) is 1. The standard InChI is InChI=1S/C13H15F3N2O2S/c14-8-5-11(15)13(12(16)6-8)21(19,20)18-9-1-2-10(18)7-17-4-3-9/h5-6,9-10,17H,1-4,7H2. The van der Waals surface area contributed by atoms with Crippen molar-refractivity contribution in [1.29, 1.82) is 0 Å². The van der Waals surface area contributed by atoms with E-state index in [9.17, 15) is 21.6 Å². The highest BCUT2D eigenvalue weighted by Crippen LogP contribution is 2.35. The summed E-state index contributed by atoms with van der Waals surface area (Å²) >= 11 is 0. The van der Waals surface area contributed by atoms with Crippen molar-refractivity contribution in [3.8, 4) is 0 Å². The Morgan fingerprint density at radius 1 is 1.05 bits per heavy atom. The molecule has 2 unspecified atom stereocenters. The van der Waals surface area contributed by atoms with Gasteiger partial charge in [-0.05, 0) is 25.8 Å². The van der Waals surface area contributed by atoms with Gasteiger partial charge in [0.05, 0.1) is 0 Å². The number of rotatable bonds is 2. The summed E-state index contributed by atoms with van der Waals surface area (Å²) in [6.07, 6.45) is 1.93. The van der Waals surface area contributed by atoms with Crippen molar-refractivity contribution in [2.24, 2.45) is 0 Å². The fourth-order valence-electron chi connectivity index (χ4n) is 3.21. The Labute approximate surface area is 121 Å². The number of nitrogens with zero attached hydrogens (tertiary/aromatic N) is 1. The van der Waals surface area contributed by atoms with Gasteiger partial charge in [0.25, 0.3) is 0 Å². The van der Waals surface area contributed by atoms with E-state index >= 15 is 0 Å². The van der Waals surface area contributed by atoms with Crippen LogP contribution in [0.5, 0.6) is 0 Å². The van der Waals surface area contributed by atoms with E-state index in [0.717, 1.165) is 0 Å². The van der Waals surface area contributed by atoms with Gasteiger partial charge in [-0.15, -0.1) is 0 Å². The lowest BCUT2D eigenvalue weighted by Crippen LogP contribution is -2.43. The first-order valence-corrected chi connectivity index (χ1v) is 8.24. The Kier molecular flexibility index (Phi) is 3.71. The molecule has 21 heavy (non-hydrogen) atoms. The number of halogens is 3. The van der Waals surface area contributed by atoms with Gasteiger partial charge >= 0.3 is 0 Å². The van der Waals surface area contributed by atoms with Gasteiger partial charge < -0.3 is 5.32 Å². The highest BCUT2D eigenvalue weighted by Gasteiger charge is 2.45. The molecule has 2 saturated heterocycles. The van der Waals surface area contributed by atoms with Gasteiger partial charge in [-0.3, -0.25) is 0 Å². The van der Waals surface area contributed by atoms with E-state index in [1.54, 1.807) is 0 Å². The van der Waals surface area contributed by atoms with Gasteiger partial charge in [-0.2, -0.15) is 4.31 Å². The molecule has 1 aromatic rings. The molecule has 0 spiro atoms. The maximum Gasteiger partial charge on any atom is 0.249 e. The van der Waals surface area contributed by atoms with Crippen LogP contribution in [0.4, 0.5) is 13.2 Å². The number of fused-ring (bicyclic) bond motifs is 2. The van der Waals surface area contributed by atoms with Crippen LogP contribution in [-0.2, 0) is 10.0 Å². The molecule has 0 aliphatic carbocycles. The largest absolute Gasteiger partial charge is 0.315 e. The lowest BCUT2D eigenvalue weighted by atomic mass is 10.1. The molecule has 2 fully saturated rings. The van der Waals surface area contributed by atoms with Crippen LogP contribution >= 0.6 is 0 Å². The molecule has 3 rings (SSSR count). The normalized spacial score (nSPS) is 26.8. The predicted molar refractivity (Wildman–Crippen MR) is 69.6 cm³/mol. The molecule has 2 heterocycles. The zero-order valence-corrected chi connectivity index (χ0v) is 12.0. The van der Waals surface area contributed by atoms with E-state index in [4.69, 9.17) is 0 Å². The summed E-state index contributed by atoms with van der Waals surface area (Å²) in [6, 6.07) is 0.215. The van der Waals surface area contributed by atoms with E-state index in [-0.39, 0.29) is 12.1 Å². The third kappa shape index (κ3) is 2.45. The molecule has 0 aromatic heterocycles. The first-order chi connectivity index (χ1) is 9.91. The fourth-order valence-corrected chi connectivity index (χ4v) is 5.21. The number of hydrogen-bond donors (Lipinski definition) is 1. The summed E-state index contributed by atoms with van der Waals surface area (Å²) in [5.74, 6) is -3.90. The van der Waals surface area contributed by atoms with Gasteiger partial charge in [-0.1, -0.05) is 0 Å². The van der Waals surface area contributed by atoms with Crippen molar-refractivity contribution in [2.75, 3.05) is 13.1 Å². The summed E-state index contributed by atoms with van der Waals surface area (Å²) in [5.41, 5.74) is 0. The molecule has 2 aliphatic heterocycles. The van der Waals surface area contributed by atoms with E-state index < -0.39 is 32.4 Å². The lowest BCUT2D eigenvalue weighted by molar-refractivity contribution is 0.330. The van der Waals surface area contributed by atoms with Crippen LogP contribution in [0.2, 0.25) is 0 Å². The quantitative estimate of drug-likeness (QED) is 0.901. The monoisotopic (exact) mass is 320 g/mol. The summed E-state index contributed by atoms with van der Waals surface area (Å²) in [7, 11) is -4.32. The number of sulfonamides is 1. The zero-order valence-electron chi connectivity index (χ0n) is 11.2. The second-order valence-electron chi connectivity index (χ2n) is 5.41. The molecule has 0 radical (unpaired) electrons. The molecule has 2 bridgehead atoms. The van der Waals surface area contributed by atoms with Crippen molar-refractivity contribution >= 4 is 10.0 Å². The van der Waals surface area contributed by atoms with E-state index in [2.05, 4.69) is 5.32 Å². The molecule has 0 saturated carbocycles. The minimum Gasteiger partial charge on any atom is -0.315 e. The molecular formula is C13H15F3N2O2S. The van der Waals surface area contributed by atoms with Gasteiger partial charge in [0, 0.05) is 30.8 Å². The Hall–Kier alpha value is -1.12. The molecule has 116 valence electrons. The number of benzene rings is 1. The first kappa shape index (κ1) is 14.8. The second-order valence-corrected chi connectivity index (χ2v) is 7.19. The summed E-state index contributed by atoms with van der Waals surface area (Å²) < 4.78 is 67.1. The number of hydrogen-bond acceptors (Lipinski definition) is 3. The molecule has 0 amide bonds. The Balaban J connectivity index is 2.09. The first-order valence-electron chi connectivity index (χ1n) is 6.80. The molecule has 2 atom stereocenters. The van der Waals surface area contributed by atoms with Gasteiger partial charge in [0.1, 0.15) is 17.5 Å². The van der Waals surface area contributed by atoms with Gasteiger partial charge in [-0.25, -0.2) is 21.6 Å². The van der Waals surface area contributed by atoms with Crippen molar-refractivity contribution in [2.45, 2.75) is 36.2 Å². The van der Waals surface area contributed by atoms with E-state index in [1.807, 2.05) is 0 Å². The average Bonchev–Trinajstić information content (AvgIpc) is 2.61. The van der Waals surface area contributed by atoms with Crippen LogP contribution < -0.4 is 5.32 Å². The van der Waals surface area contributed by atoms with Crippen LogP contribution in [0.25, 0.3) is 0 Å². The molecule has 8 heteroatoms. The van der Waals surface area contributed by atoms with Crippen molar-refractivity contribution in [3.05, 3.63) is 29.6 Å². The second kappa shape index (κ2) is 5.26. The summed E-state index contributed by atoms with van der Waals surface area (Å²) in [6.45, 7) is 1.13. The van der Waals surface area contributed by atoms with Gasteiger partial charge in [0.15, 0.2) is 4.90 Å². The maximum atomic E-state index is 13.8. The zero-order chi connectivity index (χ0) is 15.2. The summed E-state index contributed by atoms with van der Waals surface area (Å²) in [5, 5.41) is 3.12. The van der Waals surface area contributed by atoms with E-state index in [1.165, 1.54) is 4.31 Å². The minimum absolute atomic E-state index is 0.265. The molecule has 1 N–H and O–H groups in total. The predicted octanol–water partition coefficient (Wildman–Crippen LogP) is 1.62. The highest BCUT2D eigenvalue weighted by atomic mass is 32.2. The summed E-state index contributed by atoms with van der Waals surface area (Å²) in [4.78, 5) is -1.05. The molecule has 2 aliphatic rings. The minimum atomic E-state index is -4.32. The van der Waals surface area contributed by atoms with Crippen molar-refractivity contribution < 1.29 is 21.6 Å². The van der Waals surface area contributed by atoms with Crippen LogP contribution in [-0.4, -0.2) is 37.9 Å². The van der Waals surface area contributed by atoms with Crippen molar-refractivity contribution in [1.82, 2.24) is 9.62 Å². The lowest BCUT2D eigenvalue weighted by Gasteiger charge is -2.27. The fraction of sp³-hybridized carbons (Fsp3) is 0.538. The Morgan fingerprint density at radius 3 is 2.33 bits per heavy atom. The van der Waals surface area contributed by atoms with Crippen LogP contribution in [0.1, 0.15) is 19.3 Å². The molecule has 4 nitrogen and oxygen atoms in total. The third-order valence-corrected chi connectivity index (χ3v) is 6.14. The Morgan fingerprint density at radius 2 is 1.67 bits per heavy atom. The molecule has 1 aromatic carbocycles. The van der Waals surface area contributed by atoms with Crippen LogP contribution in [0.15, 0.2) is 17.0 Å². The Bertz CT molecular complexity index is 628. The maximum absolute atomic E-state index is 13.8.